The Kier molecular flexibility index (Phi) is 3.75. The molecule has 0 spiro atoms. The highest BCUT2D eigenvalue weighted by Crippen LogP contribution is 2.32. The number of ether oxygens (including phenoxy) is 2. The van der Waals surface area contributed by atoms with Gasteiger partial charge >= 0.3 is 5.97 Å². The van der Waals surface area contributed by atoms with Gasteiger partial charge in [-0.1, -0.05) is 18.2 Å². The topological polar surface area (TPSA) is 67.8 Å². The summed E-state index contributed by atoms with van der Waals surface area (Å²) in [5, 5.41) is 12.2. The molecule has 5 nitrogen and oxygen atoms in total. The number of hydrogen-bond acceptors (Lipinski definition) is 4. The third-order valence-electron chi connectivity index (χ3n) is 3.27. The number of carboxylic acids is 1. The van der Waals surface area contributed by atoms with Crippen molar-refractivity contribution in [2.75, 3.05) is 6.79 Å². The summed E-state index contributed by atoms with van der Waals surface area (Å²) >= 11 is 0. The van der Waals surface area contributed by atoms with Crippen molar-refractivity contribution in [2.45, 2.75) is 13.1 Å². The molecule has 0 amide bonds. The molecule has 0 bridgehead atoms. The smallest absolute Gasteiger partial charge is 0.335 e. The average molecular weight is 285 g/mol. The molecule has 0 saturated heterocycles. The van der Waals surface area contributed by atoms with Crippen LogP contribution in [-0.2, 0) is 13.1 Å². The fourth-order valence-corrected chi connectivity index (χ4v) is 2.22. The molecule has 0 aromatic heterocycles. The summed E-state index contributed by atoms with van der Waals surface area (Å²) in [6.45, 7) is 1.55. The van der Waals surface area contributed by atoms with Crippen molar-refractivity contribution in [1.82, 2.24) is 5.32 Å². The Hall–Kier alpha value is -2.53. The Morgan fingerprint density at radius 1 is 1.05 bits per heavy atom. The molecular formula is C16H15NO4. The SMILES string of the molecule is O=C(O)c1cccc(CNCc2ccc3c(c2)OCO3)c1. The van der Waals surface area contributed by atoms with Crippen LogP contribution in [0.25, 0.3) is 0 Å². The summed E-state index contributed by atoms with van der Waals surface area (Å²) in [6.07, 6.45) is 0. The first-order chi connectivity index (χ1) is 10.2. The summed E-state index contributed by atoms with van der Waals surface area (Å²) in [6, 6.07) is 12.7. The van der Waals surface area contributed by atoms with Gasteiger partial charge in [0, 0.05) is 13.1 Å². The van der Waals surface area contributed by atoms with Gasteiger partial charge in [0.25, 0.3) is 0 Å². The van der Waals surface area contributed by atoms with Crippen molar-refractivity contribution >= 4 is 5.97 Å². The van der Waals surface area contributed by atoms with Gasteiger partial charge in [0.05, 0.1) is 5.56 Å². The fourth-order valence-electron chi connectivity index (χ4n) is 2.22. The molecule has 3 rings (SSSR count). The van der Waals surface area contributed by atoms with Crippen LogP contribution >= 0.6 is 0 Å². The summed E-state index contributed by atoms with van der Waals surface area (Å²) in [4.78, 5) is 10.9. The molecule has 5 heteroatoms. The minimum atomic E-state index is -0.910. The lowest BCUT2D eigenvalue weighted by atomic mass is 10.1. The lowest BCUT2D eigenvalue weighted by Crippen LogP contribution is -2.13. The predicted molar refractivity (Wildman–Crippen MR) is 76.5 cm³/mol. The van der Waals surface area contributed by atoms with Gasteiger partial charge in [-0.15, -0.1) is 0 Å². The minimum Gasteiger partial charge on any atom is -0.478 e. The van der Waals surface area contributed by atoms with Crippen LogP contribution in [0, 0.1) is 0 Å². The molecule has 0 aliphatic carbocycles. The lowest BCUT2D eigenvalue weighted by Gasteiger charge is -2.07. The molecule has 0 saturated carbocycles. The molecule has 2 aromatic rings. The number of carboxylic acid groups (broad SMARTS) is 1. The van der Waals surface area contributed by atoms with E-state index in [2.05, 4.69) is 5.32 Å². The Balaban J connectivity index is 1.59. The third kappa shape index (κ3) is 3.14. The van der Waals surface area contributed by atoms with Gasteiger partial charge in [0.2, 0.25) is 6.79 Å². The zero-order chi connectivity index (χ0) is 14.7. The van der Waals surface area contributed by atoms with E-state index in [-0.39, 0.29) is 6.79 Å². The van der Waals surface area contributed by atoms with E-state index in [1.165, 1.54) is 0 Å². The van der Waals surface area contributed by atoms with Crippen molar-refractivity contribution in [2.24, 2.45) is 0 Å². The van der Waals surface area contributed by atoms with Gasteiger partial charge in [-0.2, -0.15) is 0 Å². The number of fused-ring (bicyclic) bond motifs is 1. The van der Waals surface area contributed by atoms with E-state index in [0.717, 1.165) is 22.6 Å². The van der Waals surface area contributed by atoms with Gasteiger partial charge in [-0.05, 0) is 35.4 Å². The van der Waals surface area contributed by atoms with Crippen molar-refractivity contribution in [3.8, 4) is 11.5 Å². The first-order valence-electron chi connectivity index (χ1n) is 6.64. The zero-order valence-corrected chi connectivity index (χ0v) is 11.3. The molecule has 1 aliphatic rings. The van der Waals surface area contributed by atoms with Crippen molar-refractivity contribution < 1.29 is 19.4 Å². The maximum absolute atomic E-state index is 10.9. The van der Waals surface area contributed by atoms with Crippen LogP contribution in [0.15, 0.2) is 42.5 Å². The monoisotopic (exact) mass is 285 g/mol. The summed E-state index contributed by atoms with van der Waals surface area (Å²) in [5.74, 6) is 0.628. The van der Waals surface area contributed by atoms with Gasteiger partial charge in [0.1, 0.15) is 0 Å². The Labute approximate surface area is 122 Å². The maximum atomic E-state index is 10.9. The second-order valence-electron chi connectivity index (χ2n) is 4.80. The highest BCUT2D eigenvalue weighted by atomic mass is 16.7. The molecule has 2 aromatic carbocycles. The van der Waals surface area contributed by atoms with Gasteiger partial charge < -0.3 is 19.9 Å². The maximum Gasteiger partial charge on any atom is 0.335 e. The van der Waals surface area contributed by atoms with Crippen molar-refractivity contribution in [3.05, 3.63) is 59.2 Å². The molecule has 0 fully saturated rings. The van der Waals surface area contributed by atoms with E-state index >= 15 is 0 Å². The highest BCUT2D eigenvalue weighted by Gasteiger charge is 2.12. The largest absolute Gasteiger partial charge is 0.478 e. The van der Waals surface area contributed by atoms with Gasteiger partial charge in [-0.25, -0.2) is 4.79 Å². The quantitative estimate of drug-likeness (QED) is 0.883. The second-order valence-corrected chi connectivity index (χ2v) is 4.80. The highest BCUT2D eigenvalue weighted by molar-refractivity contribution is 5.87. The number of hydrogen-bond donors (Lipinski definition) is 2. The lowest BCUT2D eigenvalue weighted by molar-refractivity contribution is 0.0696. The van der Waals surface area contributed by atoms with Crippen molar-refractivity contribution in [3.63, 3.8) is 0 Å². The Morgan fingerprint density at radius 2 is 1.81 bits per heavy atom. The first kappa shape index (κ1) is 13.5. The van der Waals surface area contributed by atoms with Crippen LogP contribution in [0.1, 0.15) is 21.5 Å². The van der Waals surface area contributed by atoms with Crippen LogP contribution in [0.3, 0.4) is 0 Å². The average Bonchev–Trinajstić information content (AvgIpc) is 2.95. The van der Waals surface area contributed by atoms with E-state index < -0.39 is 5.97 Å². The molecule has 21 heavy (non-hydrogen) atoms. The third-order valence-corrected chi connectivity index (χ3v) is 3.27. The van der Waals surface area contributed by atoms with Gasteiger partial charge in [0.15, 0.2) is 11.5 Å². The van der Waals surface area contributed by atoms with E-state index in [4.69, 9.17) is 14.6 Å². The second kappa shape index (κ2) is 5.85. The number of rotatable bonds is 5. The molecule has 0 radical (unpaired) electrons. The number of aromatic carboxylic acids is 1. The number of carbonyl (C=O) groups is 1. The van der Waals surface area contributed by atoms with Crippen molar-refractivity contribution in [1.29, 1.82) is 0 Å². The summed E-state index contributed by atoms with van der Waals surface area (Å²) in [5.41, 5.74) is 2.33. The summed E-state index contributed by atoms with van der Waals surface area (Å²) in [7, 11) is 0. The van der Waals surface area contributed by atoms with Crippen LogP contribution < -0.4 is 14.8 Å². The van der Waals surface area contributed by atoms with Gasteiger partial charge in [-0.3, -0.25) is 0 Å². The van der Waals surface area contributed by atoms with E-state index in [9.17, 15) is 4.79 Å². The van der Waals surface area contributed by atoms with Crippen LogP contribution in [-0.4, -0.2) is 17.9 Å². The van der Waals surface area contributed by atoms with Crippen LogP contribution in [0.5, 0.6) is 11.5 Å². The zero-order valence-electron chi connectivity index (χ0n) is 11.3. The normalized spacial score (nSPS) is 12.4. The predicted octanol–water partition coefficient (Wildman–Crippen LogP) is 2.40. The molecule has 0 unspecified atom stereocenters. The molecule has 0 atom stereocenters. The van der Waals surface area contributed by atoms with E-state index in [1.54, 1.807) is 18.2 Å². The Morgan fingerprint density at radius 3 is 2.62 bits per heavy atom. The number of nitrogens with one attached hydrogen (secondary N) is 1. The van der Waals surface area contributed by atoms with E-state index in [1.807, 2.05) is 24.3 Å². The molecule has 2 N–H and O–H groups in total. The molecule has 108 valence electrons. The van der Waals surface area contributed by atoms with Crippen LogP contribution in [0.4, 0.5) is 0 Å². The first-order valence-corrected chi connectivity index (χ1v) is 6.64. The summed E-state index contributed by atoms with van der Waals surface area (Å²) < 4.78 is 10.6. The molecular weight excluding hydrogens is 270 g/mol. The minimum absolute atomic E-state index is 0.272. The standard InChI is InChI=1S/C16H15NO4/c18-16(19)13-3-1-2-11(6-13)8-17-9-12-4-5-14-15(7-12)21-10-20-14/h1-7,17H,8-10H2,(H,18,19). The molecule has 1 aliphatic heterocycles. The Bertz CT molecular complexity index is 669. The number of benzene rings is 2. The van der Waals surface area contributed by atoms with E-state index in [0.29, 0.717) is 18.7 Å². The molecule has 1 heterocycles. The van der Waals surface area contributed by atoms with Crippen LogP contribution in [0.2, 0.25) is 0 Å². The fraction of sp³-hybridized carbons (Fsp3) is 0.188.